The molecule has 4 nitrogen and oxygen atoms in total. The van der Waals surface area contributed by atoms with E-state index < -0.39 is 0 Å². The zero-order chi connectivity index (χ0) is 21.3. The highest BCUT2D eigenvalue weighted by molar-refractivity contribution is 6.30. The van der Waals surface area contributed by atoms with Crippen LogP contribution in [0, 0.1) is 5.92 Å². The molecule has 0 aliphatic carbocycles. The summed E-state index contributed by atoms with van der Waals surface area (Å²) in [5.74, 6) is -0.457. The Morgan fingerprint density at radius 1 is 1.03 bits per heavy atom. The third-order valence-corrected chi connectivity index (χ3v) is 6.93. The topological polar surface area (TPSA) is 38.8 Å². The van der Waals surface area contributed by atoms with Crippen molar-refractivity contribution >= 4 is 29.2 Å². The van der Waals surface area contributed by atoms with Crippen molar-refractivity contribution in [2.24, 2.45) is 5.92 Å². The Hall–Kier alpha value is -1.59. The Balaban J connectivity index is 1.67. The Kier molecular flexibility index (Phi) is 6.69. The fourth-order valence-electron chi connectivity index (χ4n) is 4.91. The molecule has 2 heterocycles. The van der Waals surface area contributed by atoms with Gasteiger partial charge in [0.05, 0.1) is 18.6 Å². The lowest BCUT2D eigenvalue weighted by Crippen LogP contribution is -2.53. The van der Waals surface area contributed by atoms with E-state index in [0.29, 0.717) is 22.7 Å². The van der Waals surface area contributed by atoms with Crippen LogP contribution in [-0.2, 0) is 14.3 Å². The monoisotopic (exact) mass is 447 g/mol. The lowest BCUT2D eigenvalue weighted by Gasteiger charge is -2.42. The first-order valence-corrected chi connectivity index (χ1v) is 11.3. The van der Waals surface area contributed by atoms with Crippen LogP contribution in [0.4, 0.5) is 0 Å². The van der Waals surface area contributed by atoms with Gasteiger partial charge in [-0.25, -0.2) is 0 Å². The van der Waals surface area contributed by atoms with Gasteiger partial charge in [0.15, 0.2) is 0 Å². The van der Waals surface area contributed by atoms with E-state index in [1.54, 1.807) is 0 Å². The first-order valence-electron chi connectivity index (χ1n) is 10.5. The number of benzene rings is 2. The molecule has 4 rings (SSSR count). The predicted molar refractivity (Wildman–Crippen MR) is 119 cm³/mol. The summed E-state index contributed by atoms with van der Waals surface area (Å²) in [4.78, 5) is 15.3. The zero-order valence-electron chi connectivity index (χ0n) is 17.3. The Bertz CT molecular complexity index is 826. The normalized spacial score (nSPS) is 26.2. The Labute approximate surface area is 188 Å². The van der Waals surface area contributed by atoms with Crippen molar-refractivity contribution in [2.75, 3.05) is 13.7 Å². The van der Waals surface area contributed by atoms with Gasteiger partial charge in [0, 0.05) is 22.1 Å². The van der Waals surface area contributed by atoms with Crippen LogP contribution < -0.4 is 0 Å². The molecule has 2 aliphatic heterocycles. The molecule has 2 bridgehead atoms. The molecule has 0 radical (unpaired) electrons. The fraction of sp³-hybridized carbons (Fsp3) is 0.458. The maximum absolute atomic E-state index is 12.9. The minimum Gasteiger partial charge on any atom is -0.466 e. The quantitative estimate of drug-likeness (QED) is 0.546. The third kappa shape index (κ3) is 4.38. The van der Waals surface area contributed by atoms with Crippen molar-refractivity contribution in [3.63, 3.8) is 0 Å². The third-order valence-electron chi connectivity index (χ3n) is 6.43. The Morgan fingerprint density at radius 2 is 1.60 bits per heavy atom. The minimum atomic E-state index is -0.315. The highest BCUT2D eigenvalue weighted by atomic mass is 35.5. The van der Waals surface area contributed by atoms with Crippen molar-refractivity contribution in [3.8, 4) is 0 Å². The molecule has 2 saturated heterocycles. The molecule has 30 heavy (non-hydrogen) atoms. The van der Waals surface area contributed by atoms with Crippen LogP contribution >= 0.6 is 23.2 Å². The van der Waals surface area contributed by atoms with Gasteiger partial charge in [0.25, 0.3) is 0 Å². The molecular formula is C24H27Cl2NO3. The summed E-state index contributed by atoms with van der Waals surface area (Å²) in [5, 5.41) is 1.35. The number of ether oxygens (including phenoxy) is 2. The first kappa shape index (κ1) is 21.6. The molecular weight excluding hydrogens is 421 g/mol. The molecule has 2 aromatic carbocycles. The number of rotatable bonds is 6. The number of hydrogen-bond donors (Lipinski definition) is 0. The lowest BCUT2D eigenvalue weighted by molar-refractivity contribution is -0.164. The number of fused-ring (bicyclic) bond motifs is 2. The predicted octanol–water partition coefficient (Wildman–Crippen LogP) is 5.51. The van der Waals surface area contributed by atoms with Crippen LogP contribution in [0.5, 0.6) is 0 Å². The van der Waals surface area contributed by atoms with Gasteiger partial charge in [-0.3, -0.25) is 9.69 Å². The van der Waals surface area contributed by atoms with Crippen molar-refractivity contribution < 1.29 is 14.3 Å². The summed E-state index contributed by atoms with van der Waals surface area (Å²) in [6, 6.07) is 16.0. The maximum atomic E-state index is 12.9. The van der Waals surface area contributed by atoms with Gasteiger partial charge in [-0.2, -0.15) is 0 Å². The second-order valence-electron chi connectivity index (χ2n) is 8.14. The van der Waals surface area contributed by atoms with Crippen molar-refractivity contribution in [1.29, 1.82) is 0 Å². The number of hydrogen-bond acceptors (Lipinski definition) is 4. The van der Waals surface area contributed by atoms with Crippen molar-refractivity contribution in [1.82, 2.24) is 4.90 Å². The zero-order valence-corrected chi connectivity index (χ0v) is 18.8. The summed E-state index contributed by atoms with van der Waals surface area (Å²) in [7, 11) is 2.11. The Morgan fingerprint density at radius 3 is 2.13 bits per heavy atom. The summed E-state index contributed by atoms with van der Waals surface area (Å²) in [6.07, 6.45) is 2.37. The number of piperidine rings is 1. The van der Waals surface area contributed by atoms with Gasteiger partial charge in [0.2, 0.25) is 0 Å². The lowest BCUT2D eigenvalue weighted by atomic mass is 9.87. The fourth-order valence-corrected chi connectivity index (χ4v) is 5.16. The molecule has 4 atom stereocenters. The SMILES string of the molecule is CCOC(=O)[C@@H]1C(OC(c2ccc(Cl)cc2)c2ccc(Cl)cc2)C[C@@H]2CC[C@H]1N2C. The molecule has 0 amide bonds. The molecule has 1 unspecified atom stereocenters. The van der Waals surface area contributed by atoms with Crippen LogP contribution in [0.15, 0.2) is 48.5 Å². The van der Waals surface area contributed by atoms with E-state index in [4.69, 9.17) is 32.7 Å². The highest BCUT2D eigenvalue weighted by Gasteiger charge is 2.50. The molecule has 2 fully saturated rings. The molecule has 0 spiro atoms. The van der Waals surface area contributed by atoms with Crippen LogP contribution in [0.1, 0.15) is 43.4 Å². The molecule has 6 heteroatoms. The minimum absolute atomic E-state index is 0.156. The van der Waals surface area contributed by atoms with E-state index in [2.05, 4.69) is 11.9 Å². The van der Waals surface area contributed by atoms with E-state index >= 15 is 0 Å². The maximum Gasteiger partial charge on any atom is 0.313 e. The van der Waals surface area contributed by atoms with Crippen LogP contribution in [-0.4, -0.2) is 42.7 Å². The molecule has 2 aromatic rings. The average molecular weight is 448 g/mol. The first-order chi connectivity index (χ1) is 14.5. The van der Waals surface area contributed by atoms with Gasteiger partial charge in [-0.15, -0.1) is 0 Å². The van der Waals surface area contributed by atoms with Gasteiger partial charge in [-0.1, -0.05) is 47.5 Å². The smallest absolute Gasteiger partial charge is 0.313 e. The molecule has 160 valence electrons. The molecule has 2 aliphatic rings. The summed E-state index contributed by atoms with van der Waals surface area (Å²) < 4.78 is 12.2. The van der Waals surface area contributed by atoms with Gasteiger partial charge in [-0.05, 0) is 68.6 Å². The van der Waals surface area contributed by atoms with Gasteiger partial charge < -0.3 is 9.47 Å². The van der Waals surface area contributed by atoms with Crippen LogP contribution in [0.3, 0.4) is 0 Å². The highest BCUT2D eigenvalue weighted by Crippen LogP contribution is 2.42. The van der Waals surface area contributed by atoms with Crippen molar-refractivity contribution in [3.05, 3.63) is 69.7 Å². The summed E-state index contributed by atoms with van der Waals surface area (Å²) >= 11 is 12.2. The van der Waals surface area contributed by atoms with Gasteiger partial charge in [0.1, 0.15) is 6.10 Å². The summed E-state index contributed by atoms with van der Waals surface area (Å²) in [6.45, 7) is 2.22. The second kappa shape index (κ2) is 9.27. The van der Waals surface area contributed by atoms with Crippen LogP contribution in [0.25, 0.3) is 0 Å². The summed E-state index contributed by atoms with van der Waals surface area (Å²) in [5.41, 5.74) is 1.99. The molecule has 0 N–H and O–H groups in total. The molecule has 0 saturated carbocycles. The largest absolute Gasteiger partial charge is 0.466 e. The number of esters is 1. The second-order valence-corrected chi connectivity index (χ2v) is 9.01. The van der Waals surface area contributed by atoms with E-state index in [1.807, 2.05) is 55.5 Å². The standard InChI is InChI=1S/C24H27Cl2NO3/c1-3-29-24(28)22-20-13-12-19(27(20)2)14-21(22)30-23(15-4-8-17(25)9-5-15)16-6-10-18(26)11-7-16/h4-11,19-23H,3,12-14H2,1-2H3/t19-,20+,21?,22-/m0/s1. The van der Waals surface area contributed by atoms with Crippen LogP contribution in [0.2, 0.25) is 10.0 Å². The van der Waals surface area contributed by atoms with Crippen molar-refractivity contribution in [2.45, 2.75) is 50.5 Å². The van der Waals surface area contributed by atoms with E-state index in [-0.39, 0.29) is 30.1 Å². The number of nitrogens with zero attached hydrogens (tertiary/aromatic N) is 1. The van der Waals surface area contributed by atoms with E-state index in [1.165, 1.54) is 0 Å². The number of carbonyl (C=O) groups excluding carboxylic acids is 1. The average Bonchev–Trinajstić information content (AvgIpc) is 2.97. The number of carbonyl (C=O) groups is 1. The molecule has 0 aromatic heterocycles. The van der Waals surface area contributed by atoms with Gasteiger partial charge >= 0.3 is 5.97 Å². The number of halogens is 2. The van der Waals surface area contributed by atoms with E-state index in [0.717, 1.165) is 30.4 Å². The van der Waals surface area contributed by atoms with E-state index in [9.17, 15) is 4.79 Å².